The first-order valence-electron chi connectivity index (χ1n) is 9.42. The third kappa shape index (κ3) is 4.46. The topological polar surface area (TPSA) is 77.4 Å². The Morgan fingerprint density at radius 3 is 2.55 bits per heavy atom. The highest BCUT2D eigenvalue weighted by molar-refractivity contribution is 7.92. The lowest BCUT2D eigenvalue weighted by Crippen LogP contribution is -2.16. The van der Waals surface area contributed by atoms with E-state index in [-0.39, 0.29) is 11.3 Å². The molecule has 0 unspecified atom stereocenters. The number of benzene rings is 2. The first-order valence-corrected chi connectivity index (χ1v) is 12.3. The van der Waals surface area contributed by atoms with Gasteiger partial charge in [0.15, 0.2) is 0 Å². The lowest BCUT2D eigenvalue weighted by atomic mass is 10.0. The van der Waals surface area contributed by atoms with Crippen molar-refractivity contribution >= 4 is 48.7 Å². The summed E-state index contributed by atoms with van der Waals surface area (Å²) < 4.78 is 35.0. The molecule has 0 aliphatic carbocycles. The molecule has 4 aromatic rings. The van der Waals surface area contributed by atoms with Gasteiger partial charge in [-0.3, -0.25) is 9.52 Å². The molecule has 160 valence electrons. The average molecular weight is 475 g/mol. The molecule has 4 rings (SSSR count). The van der Waals surface area contributed by atoms with E-state index < -0.39 is 10.0 Å². The summed E-state index contributed by atoms with van der Waals surface area (Å²) in [6.45, 7) is 1.57. The Morgan fingerprint density at radius 2 is 1.84 bits per heavy atom. The monoisotopic (exact) mass is 474 g/mol. The Bertz CT molecular complexity index is 1420. The molecule has 2 aromatic carbocycles. The van der Waals surface area contributed by atoms with Gasteiger partial charge in [0.05, 0.1) is 5.75 Å². The predicted octanol–water partition coefficient (Wildman–Crippen LogP) is 5.47. The molecule has 31 heavy (non-hydrogen) atoms. The molecular weight excluding hydrogens is 456 g/mol. The van der Waals surface area contributed by atoms with Crippen molar-refractivity contribution in [1.29, 1.82) is 0 Å². The van der Waals surface area contributed by atoms with E-state index in [2.05, 4.69) is 4.72 Å². The van der Waals surface area contributed by atoms with Crippen LogP contribution < -0.4 is 15.0 Å². The number of fused-ring (bicyclic) bond motifs is 1. The highest BCUT2D eigenvalue weighted by Gasteiger charge is 2.17. The molecule has 0 radical (unpaired) electrons. The van der Waals surface area contributed by atoms with Gasteiger partial charge >= 0.3 is 0 Å². The number of hydrogen-bond donors (Lipinski definition) is 1. The van der Waals surface area contributed by atoms with Crippen LogP contribution in [0.2, 0.25) is 5.02 Å². The molecule has 0 aliphatic rings. The van der Waals surface area contributed by atoms with E-state index in [9.17, 15) is 13.2 Å². The maximum atomic E-state index is 12.5. The standard InChI is InChI=1S/C22H19ClN2O4S2/c1-3-31(27,28)24-15-6-9-20(29-16-7-4-14(23)5-8-16)18(12-15)19-13-25(2)22(26)21-17(19)10-11-30-21/h4-13,24H,3H2,1-2H3. The molecule has 0 bridgehead atoms. The number of sulfonamides is 1. The van der Waals surface area contributed by atoms with Crippen LogP contribution in [0.5, 0.6) is 11.5 Å². The zero-order chi connectivity index (χ0) is 22.2. The number of ether oxygens (including phenoxy) is 1. The lowest BCUT2D eigenvalue weighted by Gasteiger charge is -2.16. The van der Waals surface area contributed by atoms with E-state index in [0.29, 0.717) is 32.5 Å². The van der Waals surface area contributed by atoms with Gasteiger partial charge in [0.2, 0.25) is 10.0 Å². The van der Waals surface area contributed by atoms with Crippen molar-refractivity contribution in [3.05, 3.63) is 75.5 Å². The summed E-state index contributed by atoms with van der Waals surface area (Å²) in [5.41, 5.74) is 1.75. The van der Waals surface area contributed by atoms with E-state index in [1.807, 2.05) is 11.4 Å². The zero-order valence-electron chi connectivity index (χ0n) is 16.8. The van der Waals surface area contributed by atoms with Gasteiger partial charge in [0, 0.05) is 40.5 Å². The molecule has 1 N–H and O–H groups in total. The molecule has 0 fully saturated rings. The summed E-state index contributed by atoms with van der Waals surface area (Å²) in [6, 6.07) is 13.9. The minimum atomic E-state index is -3.45. The summed E-state index contributed by atoms with van der Waals surface area (Å²) in [6.07, 6.45) is 1.74. The van der Waals surface area contributed by atoms with E-state index in [1.165, 1.54) is 15.9 Å². The van der Waals surface area contributed by atoms with Crippen molar-refractivity contribution < 1.29 is 13.2 Å². The Hall–Kier alpha value is -2.81. The number of rotatable bonds is 6. The van der Waals surface area contributed by atoms with Gasteiger partial charge in [0.25, 0.3) is 5.56 Å². The smallest absolute Gasteiger partial charge is 0.268 e. The van der Waals surface area contributed by atoms with Crippen molar-refractivity contribution in [2.24, 2.45) is 7.05 Å². The molecular formula is C22H19ClN2O4S2. The summed E-state index contributed by atoms with van der Waals surface area (Å²) in [5, 5.41) is 3.23. The lowest BCUT2D eigenvalue weighted by molar-refractivity contribution is 0.484. The van der Waals surface area contributed by atoms with Crippen molar-refractivity contribution in [1.82, 2.24) is 4.57 Å². The number of nitrogens with one attached hydrogen (secondary N) is 1. The molecule has 0 saturated carbocycles. The molecule has 0 atom stereocenters. The van der Waals surface area contributed by atoms with Crippen LogP contribution in [0.15, 0.2) is 64.9 Å². The molecule has 6 nitrogen and oxygen atoms in total. The molecule has 2 heterocycles. The number of anilines is 1. The first kappa shape index (κ1) is 21.4. The predicted molar refractivity (Wildman–Crippen MR) is 127 cm³/mol. The number of hydrogen-bond acceptors (Lipinski definition) is 5. The average Bonchev–Trinajstić information content (AvgIpc) is 3.23. The Balaban J connectivity index is 1.91. The number of halogens is 1. The quantitative estimate of drug-likeness (QED) is 0.401. The van der Waals surface area contributed by atoms with Crippen LogP contribution in [0.25, 0.3) is 21.2 Å². The van der Waals surface area contributed by atoms with E-state index in [4.69, 9.17) is 16.3 Å². The second-order valence-electron chi connectivity index (χ2n) is 6.89. The summed E-state index contributed by atoms with van der Waals surface area (Å²) >= 11 is 7.34. The SMILES string of the molecule is CCS(=O)(=O)Nc1ccc(Oc2ccc(Cl)cc2)c(-c2cn(C)c(=O)c3sccc23)c1. The number of aromatic nitrogens is 1. The normalized spacial score (nSPS) is 11.6. The Morgan fingerprint density at radius 1 is 1.10 bits per heavy atom. The van der Waals surface area contributed by atoms with Gasteiger partial charge in [-0.15, -0.1) is 11.3 Å². The minimum absolute atomic E-state index is 0.0417. The van der Waals surface area contributed by atoms with E-state index >= 15 is 0 Å². The zero-order valence-corrected chi connectivity index (χ0v) is 19.1. The van der Waals surface area contributed by atoms with Crippen molar-refractivity contribution in [2.45, 2.75) is 6.92 Å². The van der Waals surface area contributed by atoms with Crippen LogP contribution in [0.1, 0.15) is 6.92 Å². The second-order valence-corrected chi connectivity index (χ2v) is 10.3. The molecule has 0 amide bonds. The number of nitrogens with zero attached hydrogens (tertiary/aromatic N) is 1. The molecule has 0 aliphatic heterocycles. The van der Waals surface area contributed by atoms with Crippen LogP contribution in [0.3, 0.4) is 0 Å². The van der Waals surface area contributed by atoms with Crippen molar-refractivity contribution in [3.63, 3.8) is 0 Å². The van der Waals surface area contributed by atoms with Gasteiger partial charge in [0.1, 0.15) is 16.2 Å². The third-order valence-electron chi connectivity index (χ3n) is 4.76. The summed E-state index contributed by atoms with van der Waals surface area (Å²) in [7, 11) is -1.76. The van der Waals surface area contributed by atoms with Gasteiger partial charge < -0.3 is 9.30 Å². The number of pyridine rings is 1. The van der Waals surface area contributed by atoms with Gasteiger partial charge in [-0.2, -0.15) is 0 Å². The van der Waals surface area contributed by atoms with Gasteiger partial charge in [-0.25, -0.2) is 8.42 Å². The fourth-order valence-corrected chi connectivity index (χ4v) is 4.80. The Kier molecular flexibility index (Phi) is 5.79. The summed E-state index contributed by atoms with van der Waals surface area (Å²) in [4.78, 5) is 12.5. The number of thiophene rings is 1. The van der Waals surface area contributed by atoms with Gasteiger partial charge in [-0.05, 0) is 60.8 Å². The molecule has 9 heteroatoms. The molecule has 0 spiro atoms. The number of aryl methyl sites for hydroxylation is 1. The fraction of sp³-hybridized carbons (Fsp3) is 0.136. The van der Waals surface area contributed by atoms with Crippen molar-refractivity contribution in [2.75, 3.05) is 10.5 Å². The van der Waals surface area contributed by atoms with Crippen LogP contribution in [0, 0.1) is 0 Å². The largest absolute Gasteiger partial charge is 0.457 e. The highest BCUT2D eigenvalue weighted by atomic mass is 35.5. The van der Waals surface area contributed by atoms with E-state index in [0.717, 1.165) is 10.9 Å². The third-order valence-corrected chi connectivity index (χ3v) is 7.22. The first-order chi connectivity index (χ1) is 14.8. The highest BCUT2D eigenvalue weighted by Crippen LogP contribution is 2.39. The Labute approximate surface area is 188 Å². The second kappa shape index (κ2) is 8.37. The van der Waals surface area contributed by atoms with Gasteiger partial charge in [-0.1, -0.05) is 11.6 Å². The maximum absolute atomic E-state index is 12.5. The van der Waals surface area contributed by atoms with Crippen LogP contribution in [-0.2, 0) is 17.1 Å². The van der Waals surface area contributed by atoms with E-state index in [1.54, 1.807) is 62.6 Å². The maximum Gasteiger partial charge on any atom is 0.268 e. The molecule has 0 saturated heterocycles. The van der Waals surface area contributed by atoms with Crippen LogP contribution in [-0.4, -0.2) is 18.7 Å². The van der Waals surface area contributed by atoms with Crippen LogP contribution in [0.4, 0.5) is 5.69 Å². The van der Waals surface area contributed by atoms with Crippen LogP contribution >= 0.6 is 22.9 Å². The fourth-order valence-electron chi connectivity index (χ4n) is 3.16. The summed E-state index contributed by atoms with van der Waals surface area (Å²) in [5.74, 6) is 1.06. The van der Waals surface area contributed by atoms with Crippen molar-refractivity contribution in [3.8, 4) is 22.6 Å². The minimum Gasteiger partial charge on any atom is -0.457 e. The molecule has 2 aromatic heterocycles.